The lowest BCUT2D eigenvalue weighted by molar-refractivity contribution is 0.328. The Labute approximate surface area is 78.1 Å². The van der Waals surface area contributed by atoms with Crippen LogP contribution in [-0.2, 0) is 0 Å². The van der Waals surface area contributed by atoms with Crippen LogP contribution in [0.5, 0.6) is 0 Å². The summed E-state index contributed by atoms with van der Waals surface area (Å²) < 4.78 is 0. The SMILES string of the molecule is CC1(C)CC=C([Si](C)(C)C)CC1. The lowest BCUT2D eigenvalue weighted by Gasteiger charge is -2.33. The molecule has 0 aromatic rings. The van der Waals surface area contributed by atoms with Gasteiger partial charge >= 0.3 is 0 Å². The Hall–Kier alpha value is -0.0431. The van der Waals surface area contributed by atoms with Gasteiger partial charge < -0.3 is 0 Å². The summed E-state index contributed by atoms with van der Waals surface area (Å²) in [7, 11) is -0.958. The molecule has 0 spiro atoms. The van der Waals surface area contributed by atoms with E-state index in [9.17, 15) is 0 Å². The summed E-state index contributed by atoms with van der Waals surface area (Å²) in [5.41, 5.74) is 0.573. The Bertz CT molecular complexity index is 194. The van der Waals surface area contributed by atoms with Gasteiger partial charge in [0.25, 0.3) is 0 Å². The second-order valence-electron chi connectivity index (χ2n) is 5.85. The lowest BCUT2D eigenvalue weighted by atomic mass is 9.81. The van der Waals surface area contributed by atoms with Gasteiger partial charge in [-0.1, -0.05) is 44.8 Å². The molecule has 0 saturated heterocycles. The van der Waals surface area contributed by atoms with Gasteiger partial charge in [0.1, 0.15) is 0 Å². The molecule has 0 atom stereocenters. The Balaban J connectivity index is 2.69. The van der Waals surface area contributed by atoms with E-state index < -0.39 is 8.07 Å². The summed E-state index contributed by atoms with van der Waals surface area (Å²) in [6.45, 7) is 12.1. The van der Waals surface area contributed by atoms with Crippen LogP contribution >= 0.6 is 0 Å². The molecule has 0 aromatic carbocycles. The molecule has 0 amide bonds. The summed E-state index contributed by atoms with van der Waals surface area (Å²) in [5.74, 6) is 0. The highest BCUT2D eigenvalue weighted by molar-refractivity contribution is 6.83. The first kappa shape index (κ1) is 10.0. The van der Waals surface area contributed by atoms with Gasteiger partial charge in [0.05, 0.1) is 8.07 Å². The molecule has 0 bridgehead atoms. The van der Waals surface area contributed by atoms with E-state index in [1.165, 1.54) is 19.3 Å². The summed E-state index contributed by atoms with van der Waals surface area (Å²) in [6, 6.07) is 0. The van der Waals surface area contributed by atoms with Gasteiger partial charge in [-0.3, -0.25) is 0 Å². The van der Waals surface area contributed by atoms with Gasteiger partial charge in [0, 0.05) is 0 Å². The highest BCUT2D eigenvalue weighted by Crippen LogP contribution is 2.37. The topological polar surface area (TPSA) is 0 Å². The van der Waals surface area contributed by atoms with E-state index in [0.717, 1.165) is 0 Å². The quantitative estimate of drug-likeness (QED) is 0.538. The largest absolute Gasteiger partial charge is 0.0886 e. The minimum atomic E-state index is -0.958. The molecule has 0 saturated carbocycles. The van der Waals surface area contributed by atoms with Crippen molar-refractivity contribution in [1.29, 1.82) is 0 Å². The Morgan fingerprint density at radius 3 is 2.17 bits per heavy atom. The number of hydrogen-bond acceptors (Lipinski definition) is 0. The predicted octanol–water partition coefficient (Wildman–Crippen LogP) is 4.00. The molecule has 0 radical (unpaired) electrons. The van der Waals surface area contributed by atoms with E-state index in [0.29, 0.717) is 5.41 Å². The van der Waals surface area contributed by atoms with Gasteiger partial charge in [-0.25, -0.2) is 0 Å². The fourth-order valence-electron chi connectivity index (χ4n) is 1.76. The molecule has 12 heavy (non-hydrogen) atoms. The highest BCUT2D eigenvalue weighted by atomic mass is 28.3. The fourth-order valence-corrected chi connectivity index (χ4v) is 3.35. The third kappa shape index (κ3) is 2.48. The first-order valence-corrected chi connectivity index (χ1v) is 8.51. The van der Waals surface area contributed by atoms with Crippen molar-refractivity contribution in [3.05, 3.63) is 11.3 Å². The van der Waals surface area contributed by atoms with Crippen molar-refractivity contribution < 1.29 is 0 Å². The number of hydrogen-bond donors (Lipinski definition) is 0. The molecule has 0 aromatic heterocycles. The summed E-state index contributed by atoms with van der Waals surface area (Å²) in [4.78, 5) is 0. The van der Waals surface area contributed by atoms with Gasteiger partial charge in [0.15, 0.2) is 0 Å². The molecule has 1 aliphatic rings. The van der Waals surface area contributed by atoms with E-state index >= 15 is 0 Å². The van der Waals surface area contributed by atoms with E-state index in [1.54, 1.807) is 5.20 Å². The van der Waals surface area contributed by atoms with Crippen LogP contribution in [0.15, 0.2) is 11.3 Å². The van der Waals surface area contributed by atoms with E-state index in [1.807, 2.05) is 0 Å². The van der Waals surface area contributed by atoms with Crippen molar-refractivity contribution in [2.75, 3.05) is 0 Å². The first-order chi connectivity index (χ1) is 5.31. The van der Waals surface area contributed by atoms with Gasteiger partial charge in [-0.15, -0.1) is 0 Å². The Morgan fingerprint density at radius 2 is 1.83 bits per heavy atom. The maximum absolute atomic E-state index is 2.52. The first-order valence-electron chi connectivity index (χ1n) is 5.01. The van der Waals surface area contributed by atoms with Crippen LogP contribution in [-0.4, -0.2) is 8.07 Å². The average Bonchev–Trinajstić information content (AvgIpc) is 1.83. The molecular formula is C11H22Si. The third-order valence-corrected chi connectivity index (χ3v) is 5.32. The van der Waals surface area contributed by atoms with Gasteiger partial charge in [-0.05, 0) is 24.7 Å². The zero-order valence-electron chi connectivity index (χ0n) is 9.20. The average molecular weight is 182 g/mol. The van der Waals surface area contributed by atoms with Gasteiger partial charge in [0.2, 0.25) is 0 Å². The van der Waals surface area contributed by atoms with Crippen LogP contribution in [0.4, 0.5) is 0 Å². The second-order valence-corrected chi connectivity index (χ2v) is 11.0. The van der Waals surface area contributed by atoms with Crippen molar-refractivity contribution in [3.8, 4) is 0 Å². The van der Waals surface area contributed by atoms with Crippen LogP contribution < -0.4 is 0 Å². The number of allylic oxidation sites excluding steroid dienone is 2. The second kappa shape index (κ2) is 3.02. The standard InChI is InChI=1S/C11H22Si/c1-11(2)8-6-10(7-9-11)12(3,4)5/h6H,7-9H2,1-5H3. The smallest absolute Gasteiger partial charge is 0.0720 e. The molecular weight excluding hydrogens is 160 g/mol. The third-order valence-electron chi connectivity index (χ3n) is 2.94. The monoisotopic (exact) mass is 182 g/mol. The van der Waals surface area contributed by atoms with E-state index in [2.05, 4.69) is 39.6 Å². The highest BCUT2D eigenvalue weighted by Gasteiger charge is 2.27. The molecule has 0 fully saturated rings. The maximum Gasteiger partial charge on any atom is 0.0720 e. The van der Waals surface area contributed by atoms with Gasteiger partial charge in [-0.2, -0.15) is 0 Å². The van der Waals surface area contributed by atoms with Crippen LogP contribution in [0.25, 0.3) is 0 Å². The molecule has 0 heterocycles. The molecule has 70 valence electrons. The van der Waals surface area contributed by atoms with Crippen LogP contribution in [0.1, 0.15) is 33.1 Å². The molecule has 0 N–H and O–H groups in total. The summed E-state index contributed by atoms with van der Waals surface area (Å²) in [6.07, 6.45) is 6.58. The minimum Gasteiger partial charge on any atom is -0.0886 e. The Kier molecular flexibility index (Phi) is 2.53. The summed E-state index contributed by atoms with van der Waals surface area (Å²) in [5, 5.41) is 1.79. The molecule has 0 unspecified atom stereocenters. The Morgan fingerprint density at radius 1 is 1.25 bits per heavy atom. The molecule has 1 heteroatoms. The minimum absolute atomic E-state index is 0.573. The molecule has 0 aliphatic heterocycles. The maximum atomic E-state index is 2.52. The van der Waals surface area contributed by atoms with Crippen molar-refractivity contribution in [3.63, 3.8) is 0 Å². The van der Waals surface area contributed by atoms with Crippen molar-refractivity contribution in [2.24, 2.45) is 5.41 Å². The predicted molar refractivity (Wildman–Crippen MR) is 59.1 cm³/mol. The van der Waals surface area contributed by atoms with Crippen LogP contribution in [0.3, 0.4) is 0 Å². The zero-order chi connectivity index (χ0) is 9.41. The number of rotatable bonds is 1. The molecule has 1 rings (SSSR count). The molecule has 0 nitrogen and oxygen atoms in total. The summed E-state index contributed by atoms with van der Waals surface area (Å²) >= 11 is 0. The van der Waals surface area contributed by atoms with Crippen molar-refractivity contribution in [2.45, 2.75) is 52.8 Å². The zero-order valence-corrected chi connectivity index (χ0v) is 10.2. The van der Waals surface area contributed by atoms with E-state index in [4.69, 9.17) is 0 Å². The fraction of sp³-hybridized carbons (Fsp3) is 0.818. The lowest BCUT2D eigenvalue weighted by Crippen LogP contribution is -2.28. The van der Waals surface area contributed by atoms with Crippen LogP contribution in [0, 0.1) is 5.41 Å². The van der Waals surface area contributed by atoms with Crippen LogP contribution in [0.2, 0.25) is 19.6 Å². The van der Waals surface area contributed by atoms with E-state index in [-0.39, 0.29) is 0 Å². The van der Waals surface area contributed by atoms with Crippen molar-refractivity contribution in [1.82, 2.24) is 0 Å². The van der Waals surface area contributed by atoms with Crippen molar-refractivity contribution >= 4 is 8.07 Å². The normalized spacial score (nSPS) is 23.6. The molecule has 1 aliphatic carbocycles.